The fraction of sp³-hybridized carbons (Fsp3) is 0.273. The minimum atomic E-state index is -0.0394. The number of hydrogen-bond acceptors (Lipinski definition) is 3. The number of benzene rings is 5. The van der Waals surface area contributed by atoms with Crippen LogP contribution in [-0.4, -0.2) is 6.71 Å². The van der Waals surface area contributed by atoms with Crippen LogP contribution in [-0.2, 0) is 10.8 Å². The first-order valence-corrected chi connectivity index (χ1v) is 17.6. The average molecular weight is 627 g/mol. The van der Waals surface area contributed by atoms with Crippen molar-refractivity contribution in [3.63, 3.8) is 0 Å². The molecule has 4 heteroatoms. The third-order valence-corrected chi connectivity index (χ3v) is 11.6. The lowest BCUT2D eigenvalue weighted by molar-refractivity contribution is 0.332. The molecule has 5 aromatic carbocycles. The lowest BCUT2D eigenvalue weighted by Crippen LogP contribution is -2.61. The highest BCUT2D eigenvalue weighted by Crippen LogP contribution is 2.51. The van der Waals surface area contributed by atoms with Crippen molar-refractivity contribution in [3.05, 3.63) is 125 Å². The van der Waals surface area contributed by atoms with Gasteiger partial charge in [0.25, 0.3) is 6.71 Å². The predicted octanol–water partition coefficient (Wildman–Crippen LogP) is 10.3. The number of para-hydroxylation sites is 2. The lowest BCUT2D eigenvalue weighted by atomic mass is 9.35. The summed E-state index contributed by atoms with van der Waals surface area (Å²) >= 11 is 0. The topological polar surface area (TPSA) is 19.6 Å². The number of rotatable bonds is 3. The fourth-order valence-electron chi connectivity index (χ4n) is 8.77. The van der Waals surface area contributed by atoms with Crippen LogP contribution in [0.5, 0.6) is 0 Å². The van der Waals surface area contributed by atoms with E-state index in [-0.39, 0.29) is 17.5 Å². The van der Waals surface area contributed by atoms with Crippen LogP contribution in [0, 0.1) is 6.92 Å². The van der Waals surface area contributed by atoms with E-state index in [2.05, 4.69) is 161 Å². The van der Waals surface area contributed by atoms with E-state index in [0.717, 1.165) is 16.9 Å². The molecule has 9 rings (SSSR count). The maximum absolute atomic E-state index is 7.12. The molecular weight excluding hydrogens is 583 g/mol. The molecule has 0 N–H and O–H groups in total. The zero-order valence-electron chi connectivity index (χ0n) is 29.2. The molecule has 238 valence electrons. The monoisotopic (exact) mass is 626 g/mol. The Kier molecular flexibility index (Phi) is 6.23. The van der Waals surface area contributed by atoms with Crippen molar-refractivity contribution in [2.75, 3.05) is 9.80 Å². The molecule has 0 amide bonds. The first-order chi connectivity index (χ1) is 23.0. The average Bonchev–Trinajstić information content (AvgIpc) is 3.45. The van der Waals surface area contributed by atoms with Gasteiger partial charge in [-0.3, -0.25) is 0 Å². The summed E-state index contributed by atoms with van der Waals surface area (Å²) in [6.45, 7) is 16.5. The minimum Gasteiger partial charge on any atom is -0.468 e. The fourth-order valence-corrected chi connectivity index (χ4v) is 8.77. The van der Waals surface area contributed by atoms with E-state index in [0.29, 0.717) is 5.92 Å². The van der Waals surface area contributed by atoms with E-state index in [4.69, 9.17) is 4.42 Å². The van der Waals surface area contributed by atoms with Crippen molar-refractivity contribution >= 4 is 68.4 Å². The highest BCUT2D eigenvalue weighted by Gasteiger charge is 2.48. The molecule has 0 saturated heterocycles. The van der Waals surface area contributed by atoms with Gasteiger partial charge in [0.05, 0.1) is 11.3 Å². The van der Waals surface area contributed by atoms with Gasteiger partial charge in [-0.15, -0.1) is 0 Å². The van der Waals surface area contributed by atoms with E-state index >= 15 is 0 Å². The van der Waals surface area contributed by atoms with Crippen LogP contribution in [0.4, 0.5) is 34.1 Å². The largest absolute Gasteiger partial charge is 0.468 e. The van der Waals surface area contributed by atoms with Crippen LogP contribution in [0.2, 0.25) is 0 Å². The Morgan fingerprint density at radius 3 is 2.02 bits per heavy atom. The van der Waals surface area contributed by atoms with Gasteiger partial charge in [0, 0.05) is 33.8 Å². The Morgan fingerprint density at radius 1 is 0.667 bits per heavy atom. The SMILES string of the molecule is Cc1ccccc1N1c2cc3c(cc2B2c4oc5ccc(C(C)C)cc5c4N(c4ccccc4)c4cccc1c42)C(C)(C)CCC3(C)C. The van der Waals surface area contributed by atoms with Crippen molar-refractivity contribution in [2.45, 2.75) is 78.1 Å². The molecule has 0 spiro atoms. The number of aryl methyl sites for hydroxylation is 1. The van der Waals surface area contributed by atoms with Crippen LogP contribution in [0.15, 0.2) is 108 Å². The lowest BCUT2D eigenvalue weighted by Gasteiger charge is -2.46. The first-order valence-electron chi connectivity index (χ1n) is 17.6. The summed E-state index contributed by atoms with van der Waals surface area (Å²) < 4.78 is 7.12. The summed E-state index contributed by atoms with van der Waals surface area (Å²) in [5, 5.41) is 1.18. The highest BCUT2D eigenvalue weighted by molar-refractivity contribution is 7.00. The summed E-state index contributed by atoms with van der Waals surface area (Å²) in [4.78, 5) is 5.01. The van der Waals surface area contributed by atoms with Gasteiger partial charge >= 0.3 is 0 Å². The van der Waals surface area contributed by atoms with Crippen molar-refractivity contribution in [1.29, 1.82) is 0 Å². The number of nitrogens with zero attached hydrogens (tertiary/aromatic N) is 2. The number of anilines is 6. The molecular formula is C44H43BN2O. The van der Waals surface area contributed by atoms with Crippen LogP contribution < -0.4 is 26.4 Å². The molecule has 0 atom stereocenters. The van der Waals surface area contributed by atoms with Gasteiger partial charge < -0.3 is 14.2 Å². The summed E-state index contributed by atoms with van der Waals surface area (Å²) in [6.07, 6.45) is 2.35. The molecule has 3 nitrogen and oxygen atoms in total. The van der Waals surface area contributed by atoms with Gasteiger partial charge in [0.15, 0.2) is 0 Å². The molecule has 3 aliphatic rings. The van der Waals surface area contributed by atoms with Crippen LogP contribution in [0.3, 0.4) is 0 Å². The molecule has 0 fully saturated rings. The predicted molar refractivity (Wildman–Crippen MR) is 204 cm³/mol. The zero-order chi connectivity index (χ0) is 33.1. The van der Waals surface area contributed by atoms with Crippen molar-refractivity contribution in [1.82, 2.24) is 0 Å². The van der Waals surface area contributed by atoms with E-state index in [1.807, 2.05) is 0 Å². The molecule has 2 aliphatic heterocycles. The Labute approximate surface area is 285 Å². The Hall–Kier alpha value is -4.70. The Balaban J connectivity index is 1.43. The second-order valence-corrected chi connectivity index (χ2v) is 15.9. The maximum atomic E-state index is 7.12. The van der Waals surface area contributed by atoms with E-state index in [9.17, 15) is 0 Å². The number of fused-ring (bicyclic) bond motifs is 7. The molecule has 0 unspecified atom stereocenters. The standard InChI is InChI=1S/C44H43BN2O/c1-27(2)29-20-21-39-31(24-29)41-42(48-39)45-34-25-32-33(44(6,7)23-22-43(32,4)5)26-38(34)47(35-17-12-11-14-28(35)3)37-19-13-18-36(40(37)45)46(41)30-15-9-8-10-16-30/h8-21,24-27H,22-23H2,1-7H3. The molecule has 48 heavy (non-hydrogen) atoms. The molecule has 0 radical (unpaired) electrons. The Morgan fingerprint density at radius 2 is 1.31 bits per heavy atom. The summed E-state index contributed by atoms with van der Waals surface area (Å²) in [6, 6.07) is 38.5. The van der Waals surface area contributed by atoms with Crippen molar-refractivity contribution in [3.8, 4) is 0 Å². The van der Waals surface area contributed by atoms with Gasteiger partial charge in [0.1, 0.15) is 5.58 Å². The number of hydrogen-bond donors (Lipinski definition) is 0. The minimum absolute atomic E-state index is 0.0394. The van der Waals surface area contributed by atoms with E-state index < -0.39 is 0 Å². The molecule has 3 heterocycles. The van der Waals surface area contributed by atoms with Crippen molar-refractivity contribution in [2.24, 2.45) is 0 Å². The van der Waals surface area contributed by atoms with Gasteiger partial charge in [0.2, 0.25) is 0 Å². The zero-order valence-corrected chi connectivity index (χ0v) is 29.2. The van der Waals surface area contributed by atoms with Gasteiger partial charge in [-0.2, -0.15) is 0 Å². The normalized spacial score (nSPS) is 16.9. The second-order valence-electron chi connectivity index (χ2n) is 15.9. The van der Waals surface area contributed by atoms with Crippen LogP contribution >= 0.6 is 0 Å². The Bertz CT molecular complexity index is 2260. The van der Waals surface area contributed by atoms with Gasteiger partial charge in [-0.25, -0.2) is 0 Å². The third kappa shape index (κ3) is 4.08. The van der Waals surface area contributed by atoms with E-state index in [1.54, 1.807) is 0 Å². The quantitative estimate of drug-likeness (QED) is 0.182. The summed E-state index contributed by atoms with van der Waals surface area (Å²) in [5.74, 6) is 0.419. The third-order valence-electron chi connectivity index (χ3n) is 11.6. The van der Waals surface area contributed by atoms with E-state index in [1.165, 1.54) is 79.8 Å². The molecule has 1 aromatic heterocycles. The second kappa shape index (κ2) is 10.2. The molecule has 1 aliphatic carbocycles. The van der Waals surface area contributed by atoms with Gasteiger partial charge in [-0.1, -0.05) is 96.1 Å². The molecule has 0 bridgehead atoms. The smallest absolute Gasteiger partial charge is 0.297 e. The summed E-state index contributed by atoms with van der Waals surface area (Å²) in [7, 11) is 0. The molecule has 6 aromatic rings. The van der Waals surface area contributed by atoms with Crippen LogP contribution in [0.1, 0.15) is 82.6 Å². The van der Waals surface area contributed by atoms with Gasteiger partial charge in [-0.05, 0) is 118 Å². The molecule has 0 saturated carbocycles. The summed E-state index contributed by atoms with van der Waals surface area (Å²) in [5.41, 5.74) is 17.6. The van der Waals surface area contributed by atoms with Crippen molar-refractivity contribution < 1.29 is 4.42 Å². The first kappa shape index (κ1) is 29.4. The highest BCUT2D eigenvalue weighted by atomic mass is 16.3. The van der Waals surface area contributed by atoms with Crippen LogP contribution in [0.25, 0.3) is 11.0 Å². The maximum Gasteiger partial charge on any atom is 0.297 e. The number of furan rings is 1.